The van der Waals surface area contributed by atoms with Crippen molar-refractivity contribution in [2.75, 3.05) is 13.7 Å². The molecule has 0 radical (unpaired) electrons. The summed E-state index contributed by atoms with van der Waals surface area (Å²) in [6.45, 7) is 6.69. The van der Waals surface area contributed by atoms with E-state index < -0.39 is 5.54 Å². The van der Waals surface area contributed by atoms with E-state index >= 15 is 0 Å². The van der Waals surface area contributed by atoms with Crippen molar-refractivity contribution in [3.05, 3.63) is 34.9 Å². The molecule has 1 atom stereocenters. The van der Waals surface area contributed by atoms with E-state index in [1.54, 1.807) is 7.11 Å². The topological polar surface area (TPSA) is 35.2 Å². The first-order chi connectivity index (χ1) is 6.47. The number of aryl methyl sites for hydroxylation is 2. The largest absolute Gasteiger partial charge is 0.382 e. The Balaban J connectivity index is 3.10. The van der Waals surface area contributed by atoms with Crippen LogP contribution in [0.4, 0.5) is 0 Å². The van der Waals surface area contributed by atoms with Crippen molar-refractivity contribution < 1.29 is 4.74 Å². The van der Waals surface area contributed by atoms with Gasteiger partial charge in [0.15, 0.2) is 0 Å². The first-order valence-corrected chi connectivity index (χ1v) is 4.83. The van der Waals surface area contributed by atoms with Crippen LogP contribution in [0.15, 0.2) is 18.2 Å². The molecular weight excluding hydrogens is 174 g/mol. The van der Waals surface area contributed by atoms with Gasteiger partial charge in [-0.1, -0.05) is 23.8 Å². The van der Waals surface area contributed by atoms with Crippen molar-refractivity contribution in [1.29, 1.82) is 0 Å². The van der Waals surface area contributed by atoms with Crippen molar-refractivity contribution in [2.24, 2.45) is 5.73 Å². The van der Waals surface area contributed by atoms with E-state index in [1.807, 2.05) is 6.92 Å². The highest BCUT2D eigenvalue weighted by molar-refractivity contribution is 5.35. The average Bonchev–Trinajstić information content (AvgIpc) is 2.09. The third-order valence-corrected chi connectivity index (χ3v) is 2.45. The summed E-state index contributed by atoms with van der Waals surface area (Å²) in [5.41, 5.74) is 9.42. The molecule has 78 valence electrons. The highest BCUT2D eigenvalue weighted by Gasteiger charge is 2.22. The molecule has 0 aliphatic carbocycles. The summed E-state index contributed by atoms with van der Waals surface area (Å²) in [6, 6.07) is 6.33. The zero-order valence-electron chi connectivity index (χ0n) is 9.42. The molecule has 0 aliphatic heterocycles. The van der Waals surface area contributed by atoms with Gasteiger partial charge in [-0.05, 0) is 31.9 Å². The predicted octanol–water partition coefficient (Wildman–Crippen LogP) is 2.12. The maximum Gasteiger partial charge on any atom is 0.0681 e. The van der Waals surface area contributed by atoms with Gasteiger partial charge >= 0.3 is 0 Å². The van der Waals surface area contributed by atoms with Crippen molar-refractivity contribution in [1.82, 2.24) is 0 Å². The fourth-order valence-corrected chi connectivity index (χ4v) is 1.73. The molecule has 0 fully saturated rings. The minimum absolute atomic E-state index is 0.398. The fourth-order valence-electron chi connectivity index (χ4n) is 1.73. The summed E-state index contributed by atoms with van der Waals surface area (Å²) >= 11 is 0. The van der Waals surface area contributed by atoms with Gasteiger partial charge in [-0.25, -0.2) is 0 Å². The molecule has 1 rings (SSSR count). The molecule has 0 aromatic heterocycles. The van der Waals surface area contributed by atoms with E-state index in [4.69, 9.17) is 10.5 Å². The molecule has 1 aromatic rings. The molecule has 0 spiro atoms. The van der Waals surface area contributed by atoms with Gasteiger partial charge in [0.1, 0.15) is 0 Å². The summed E-state index contributed by atoms with van der Waals surface area (Å²) < 4.78 is 5.13. The van der Waals surface area contributed by atoms with Crippen LogP contribution in [-0.4, -0.2) is 13.7 Å². The molecule has 0 saturated carbocycles. The zero-order chi connectivity index (χ0) is 10.8. The number of ether oxygens (including phenoxy) is 1. The Morgan fingerprint density at radius 3 is 2.57 bits per heavy atom. The standard InChI is InChI=1S/C12H19NO/c1-9-5-6-10(2)11(7-9)12(3,13)8-14-4/h5-7H,8,13H2,1-4H3. The molecule has 14 heavy (non-hydrogen) atoms. The molecule has 2 nitrogen and oxygen atoms in total. The molecular formula is C12H19NO. The van der Waals surface area contributed by atoms with E-state index in [2.05, 4.69) is 32.0 Å². The lowest BCUT2D eigenvalue weighted by molar-refractivity contribution is 0.140. The summed E-state index contributed by atoms with van der Waals surface area (Å²) in [4.78, 5) is 0. The fraction of sp³-hybridized carbons (Fsp3) is 0.500. The Kier molecular flexibility index (Phi) is 3.29. The van der Waals surface area contributed by atoms with Crippen LogP contribution in [0.2, 0.25) is 0 Å². The van der Waals surface area contributed by atoms with Crippen molar-refractivity contribution >= 4 is 0 Å². The lowest BCUT2D eigenvalue weighted by atomic mass is 9.89. The number of benzene rings is 1. The molecule has 0 aliphatic rings. The normalized spacial score (nSPS) is 15.2. The van der Waals surface area contributed by atoms with Crippen LogP contribution in [0, 0.1) is 13.8 Å². The molecule has 1 aromatic carbocycles. The second kappa shape index (κ2) is 4.11. The molecule has 0 heterocycles. The molecule has 0 amide bonds. The second-order valence-electron chi connectivity index (χ2n) is 4.17. The van der Waals surface area contributed by atoms with Gasteiger partial charge in [0, 0.05) is 7.11 Å². The molecule has 2 heteroatoms. The van der Waals surface area contributed by atoms with Crippen LogP contribution in [-0.2, 0) is 10.3 Å². The minimum Gasteiger partial charge on any atom is -0.382 e. The molecule has 1 unspecified atom stereocenters. The quantitative estimate of drug-likeness (QED) is 0.798. The van der Waals surface area contributed by atoms with Gasteiger partial charge < -0.3 is 10.5 Å². The first kappa shape index (κ1) is 11.2. The summed E-state index contributed by atoms with van der Waals surface area (Å²) in [7, 11) is 1.68. The SMILES string of the molecule is COCC(C)(N)c1cc(C)ccc1C. The summed E-state index contributed by atoms with van der Waals surface area (Å²) in [6.07, 6.45) is 0. The van der Waals surface area contributed by atoms with Crippen LogP contribution >= 0.6 is 0 Å². The van der Waals surface area contributed by atoms with Gasteiger partial charge in [0.2, 0.25) is 0 Å². The zero-order valence-corrected chi connectivity index (χ0v) is 9.42. The van der Waals surface area contributed by atoms with Gasteiger partial charge in [0.25, 0.3) is 0 Å². The van der Waals surface area contributed by atoms with Crippen LogP contribution in [0.25, 0.3) is 0 Å². The van der Waals surface area contributed by atoms with Gasteiger partial charge in [-0.2, -0.15) is 0 Å². The molecule has 0 saturated heterocycles. The van der Waals surface area contributed by atoms with Crippen molar-refractivity contribution in [3.8, 4) is 0 Å². The average molecular weight is 193 g/mol. The minimum atomic E-state index is -0.398. The highest BCUT2D eigenvalue weighted by atomic mass is 16.5. The van der Waals surface area contributed by atoms with E-state index in [0.29, 0.717) is 6.61 Å². The Morgan fingerprint density at radius 1 is 1.36 bits per heavy atom. The smallest absolute Gasteiger partial charge is 0.0681 e. The molecule has 2 N–H and O–H groups in total. The summed E-state index contributed by atoms with van der Waals surface area (Å²) in [5, 5.41) is 0. The van der Waals surface area contributed by atoms with Crippen molar-refractivity contribution in [3.63, 3.8) is 0 Å². The lowest BCUT2D eigenvalue weighted by Crippen LogP contribution is -2.38. The Bertz CT molecular complexity index is 318. The number of nitrogens with two attached hydrogens (primary N) is 1. The van der Waals surface area contributed by atoms with E-state index in [1.165, 1.54) is 16.7 Å². The lowest BCUT2D eigenvalue weighted by Gasteiger charge is -2.26. The Morgan fingerprint density at radius 2 is 2.00 bits per heavy atom. The molecule has 0 bridgehead atoms. The van der Waals surface area contributed by atoms with E-state index in [0.717, 1.165) is 0 Å². The summed E-state index contributed by atoms with van der Waals surface area (Å²) in [5.74, 6) is 0. The van der Waals surface area contributed by atoms with Crippen molar-refractivity contribution in [2.45, 2.75) is 26.3 Å². The van der Waals surface area contributed by atoms with Gasteiger partial charge in [0.05, 0.1) is 12.1 Å². The Labute approximate surface area is 86.1 Å². The van der Waals surface area contributed by atoms with E-state index in [-0.39, 0.29) is 0 Å². The number of methoxy groups -OCH3 is 1. The van der Waals surface area contributed by atoms with Gasteiger partial charge in [-0.3, -0.25) is 0 Å². The second-order valence-corrected chi connectivity index (χ2v) is 4.17. The van der Waals surface area contributed by atoms with Gasteiger partial charge in [-0.15, -0.1) is 0 Å². The monoisotopic (exact) mass is 193 g/mol. The Hall–Kier alpha value is -0.860. The maximum absolute atomic E-state index is 6.19. The predicted molar refractivity (Wildman–Crippen MR) is 59.3 cm³/mol. The van der Waals surface area contributed by atoms with E-state index in [9.17, 15) is 0 Å². The van der Waals surface area contributed by atoms with Crippen LogP contribution < -0.4 is 5.73 Å². The third-order valence-electron chi connectivity index (χ3n) is 2.45. The van der Waals surface area contributed by atoms with Crippen LogP contribution in [0.1, 0.15) is 23.6 Å². The van der Waals surface area contributed by atoms with Crippen LogP contribution in [0.5, 0.6) is 0 Å². The first-order valence-electron chi connectivity index (χ1n) is 4.83. The number of hydrogen-bond donors (Lipinski definition) is 1. The van der Waals surface area contributed by atoms with Crippen LogP contribution in [0.3, 0.4) is 0 Å². The number of hydrogen-bond acceptors (Lipinski definition) is 2. The highest BCUT2D eigenvalue weighted by Crippen LogP contribution is 2.22. The number of rotatable bonds is 3. The maximum atomic E-state index is 6.19. The third kappa shape index (κ3) is 2.34.